The normalized spacial score (nSPS) is 14.2. The minimum atomic E-state index is -0.185. The van der Waals surface area contributed by atoms with E-state index >= 15 is 0 Å². The molecule has 0 radical (unpaired) electrons. The number of hydrogen-bond donors (Lipinski definition) is 0. The van der Waals surface area contributed by atoms with Crippen LogP contribution in [0.3, 0.4) is 0 Å². The topological polar surface area (TPSA) is 60.8 Å². The van der Waals surface area contributed by atoms with Crippen LogP contribution in [0.4, 0.5) is 0 Å². The maximum Gasteiger partial charge on any atom is 0.156 e. The number of ether oxygens (including phenoxy) is 1. The molecule has 2 rings (SSSR count). The van der Waals surface area contributed by atoms with Gasteiger partial charge in [0, 0.05) is 24.8 Å². The second-order valence-electron chi connectivity index (χ2n) is 3.63. The number of aromatic nitrogens is 4. The Labute approximate surface area is 99.9 Å². The summed E-state index contributed by atoms with van der Waals surface area (Å²) >= 11 is 0. The minimum Gasteiger partial charge on any atom is -0.360 e. The van der Waals surface area contributed by atoms with Crippen molar-refractivity contribution in [2.75, 3.05) is 0 Å². The lowest BCUT2D eigenvalue weighted by atomic mass is 10.3. The van der Waals surface area contributed by atoms with E-state index in [9.17, 15) is 0 Å². The molecule has 5 nitrogen and oxygen atoms in total. The van der Waals surface area contributed by atoms with Gasteiger partial charge in [-0.05, 0) is 26.0 Å². The Balaban J connectivity index is 2.02. The molecular formula is C12H14N4O. The summed E-state index contributed by atoms with van der Waals surface area (Å²) in [6.07, 6.45) is 6.43. The second kappa shape index (κ2) is 5.45. The molecule has 2 aromatic rings. The van der Waals surface area contributed by atoms with E-state index in [-0.39, 0.29) is 12.2 Å². The molecule has 0 aliphatic carbocycles. The molecule has 2 heterocycles. The van der Waals surface area contributed by atoms with Crippen LogP contribution in [0.25, 0.3) is 0 Å². The third-order valence-corrected chi connectivity index (χ3v) is 2.31. The standard InChI is InChI=1S/C12H14N4O/c1-9(11-13-5-3-6-14-11)17-10(2)12-15-7-4-8-16-12/h3-10H,1-2H3. The zero-order chi connectivity index (χ0) is 12.1. The Bertz CT molecular complexity index is 405. The molecule has 0 aromatic carbocycles. The fourth-order valence-electron chi connectivity index (χ4n) is 1.47. The van der Waals surface area contributed by atoms with E-state index in [1.807, 2.05) is 13.8 Å². The van der Waals surface area contributed by atoms with Crippen LogP contribution in [0.2, 0.25) is 0 Å². The van der Waals surface area contributed by atoms with Gasteiger partial charge in [0.25, 0.3) is 0 Å². The molecule has 0 N–H and O–H groups in total. The average molecular weight is 230 g/mol. The maximum atomic E-state index is 5.77. The molecule has 0 amide bonds. The van der Waals surface area contributed by atoms with Crippen molar-refractivity contribution in [3.63, 3.8) is 0 Å². The first-order chi connectivity index (χ1) is 8.27. The van der Waals surface area contributed by atoms with Gasteiger partial charge in [-0.25, -0.2) is 19.9 Å². The third kappa shape index (κ3) is 3.04. The van der Waals surface area contributed by atoms with E-state index in [1.54, 1.807) is 36.9 Å². The van der Waals surface area contributed by atoms with Gasteiger partial charge in [0.2, 0.25) is 0 Å². The SMILES string of the molecule is CC(OC(C)c1ncccn1)c1ncccn1. The maximum absolute atomic E-state index is 5.77. The average Bonchev–Trinajstić information content (AvgIpc) is 2.40. The van der Waals surface area contributed by atoms with E-state index in [0.29, 0.717) is 11.6 Å². The fourth-order valence-corrected chi connectivity index (χ4v) is 1.47. The van der Waals surface area contributed by atoms with Crippen molar-refractivity contribution in [2.24, 2.45) is 0 Å². The quantitative estimate of drug-likeness (QED) is 0.805. The van der Waals surface area contributed by atoms with Crippen LogP contribution in [0, 0.1) is 0 Å². The van der Waals surface area contributed by atoms with Crippen LogP contribution < -0.4 is 0 Å². The van der Waals surface area contributed by atoms with E-state index < -0.39 is 0 Å². The number of rotatable bonds is 4. The van der Waals surface area contributed by atoms with Gasteiger partial charge in [0.1, 0.15) is 12.2 Å². The van der Waals surface area contributed by atoms with Gasteiger partial charge in [0.15, 0.2) is 11.6 Å². The first-order valence-corrected chi connectivity index (χ1v) is 5.46. The van der Waals surface area contributed by atoms with Gasteiger partial charge in [0.05, 0.1) is 0 Å². The molecular weight excluding hydrogens is 216 g/mol. The minimum absolute atomic E-state index is 0.185. The summed E-state index contributed by atoms with van der Waals surface area (Å²) in [7, 11) is 0. The summed E-state index contributed by atoms with van der Waals surface area (Å²) < 4.78 is 5.77. The molecule has 88 valence electrons. The molecule has 2 atom stereocenters. The lowest BCUT2D eigenvalue weighted by molar-refractivity contribution is -0.00360. The fraction of sp³-hybridized carbons (Fsp3) is 0.333. The molecule has 2 unspecified atom stereocenters. The molecule has 0 aliphatic rings. The lowest BCUT2D eigenvalue weighted by Crippen LogP contribution is -2.10. The van der Waals surface area contributed by atoms with Crippen LogP contribution in [0.1, 0.15) is 37.7 Å². The smallest absolute Gasteiger partial charge is 0.156 e. The lowest BCUT2D eigenvalue weighted by Gasteiger charge is -2.16. The zero-order valence-corrected chi connectivity index (χ0v) is 9.82. The van der Waals surface area contributed by atoms with Gasteiger partial charge in [-0.1, -0.05) is 0 Å². The molecule has 0 spiro atoms. The molecule has 0 aliphatic heterocycles. The summed E-state index contributed by atoms with van der Waals surface area (Å²) in [6, 6.07) is 3.56. The predicted molar refractivity (Wildman–Crippen MR) is 62.0 cm³/mol. The summed E-state index contributed by atoms with van der Waals surface area (Å²) in [5.41, 5.74) is 0. The van der Waals surface area contributed by atoms with Gasteiger partial charge in [-0.15, -0.1) is 0 Å². The van der Waals surface area contributed by atoms with E-state index in [2.05, 4.69) is 19.9 Å². The van der Waals surface area contributed by atoms with Crippen molar-refractivity contribution >= 4 is 0 Å². The Morgan fingerprint density at radius 1 is 0.765 bits per heavy atom. The summed E-state index contributed by atoms with van der Waals surface area (Å²) in [5, 5.41) is 0. The third-order valence-electron chi connectivity index (χ3n) is 2.31. The van der Waals surface area contributed by atoms with Gasteiger partial charge in [-0.3, -0.25) is 0 Å². The highest BCUT2D eigenvalue weighted by Gasteiger charge is 2.15. The summed E-state index contributed by atoms with van der Waals surface area (Å²) in [5.74, 6) is 1.32. The van der Waals surface area contributed by atoms with Crippen molar-refractivity contribution in [3.05, 3.63) is 48.6 Å². The monoisotopic (exact) mass is 230 g/mol. The molecule has 5 heteroatoms. The Kier molecular flexibility index (Phi) is 3.72. The number of hydrogen-bond acceptors (Lipinski definition) is 5. The van der Waals surface area contributed by atoms with Crippen molar-refractivity contribution in [2.45, 2.75) is 26.1 Å². The van der Waals surface area contributed by atoms with Crippen molar-refractivity contribution in [1.82, 2.24) is 19.9 Å². The molecule has 0 fully saturated rings. The number of nitrogens with zero attached hydrogens (tertiary/aromatic N) is 4. The summed E-state index contributed by atoms with van der Waals surface area (Å²) in [4.78, 5) is 16.6. The van der Waals surface area contributed by atoms with Crippen molar-refractivity contribution < 1.29 is 4.74 Å². The van der Waals surface area contributed by atoms with Crippen LogP contribution in [0.15, 0.2) is 36.9 Å². The van der Waals surface area contributed by atoms with Crippen molar-refractivity contribution in [3.8, 4) is 0 Å². The van der Waals surface area contributed by atoms with E-state index in [1.165, 1.54) is 0 Å². The van der Waals surface area contributed by atoms with Crippen LogP contribution in [0.5, 0.6) is 0 Å². The highest BCUT2D eigenvalue weighted by Crippen LogP contribution is 2.21. The van der Waals surface area contributed by atoms with Crippen LogP contribution >= 0.6 is 0 Å². The van der Waals surface area contributed by atoms with E-state index in [0.717, 1.165) is 0 Å². The Morgan fingerprint density at radius 2 is 1.12 bits per heavy atom. The highest BCUT2D eigenvalue weighted by molar-refractivity contribution is 4.95. The second-order valence-corrected chi connectivity index (χ2v) is 3.63. The Morgan fingerprint density at radius 3 is 1.47 bits per heavy atom. The van der Waals surface area contributed by atoms with Gasteiger partial charge < -0.3 is 4.74 Å². The molecule has 0 bridgehead atoms. The van der Waals surface area contributed by atoms with Crippen LogP contribution in [-0.4, -0.2) is 19.9 Å². The Hall–Kier alpha value is -1.88. The predicted octanol–water partition coefficient (Wildman–Crippen LogP) is 2.11. The molecule has 17 heavy (non-hydrogen) atoms. The van der Waals surface area contributed by atoms with E-state index in [4.69, 9.17) is 4.74 Å². The summed E-state index contributed by atoms with van der Waals surface area (Å²) in [6.45, 7) is 3.82. The van der Waals surface area contributed by atoms with Gasteiger partial charge in [-0.2, -0.15) is 0 Å². The molecule has 0 saturated heterocycles. The highest BCUT2D eigenvalue weighted by atomic mass is 16.5. The zero-order valence-electron chi connectivity index (χ0n) is 9.82. The first-order valence-electron chi connectivity index (χ1n) is 5.46. The first kappa shape index (κ1) is 11.6. The van der Waals surface area contributed by atoms with Crippen LogP contribution in [-0.2, 0) is 4.74 Å². The van der Waals surface area contributed by atoms with Gasteiger partial charge >= 0.3 is 0 Å². The molecule has 2 aromatic heterocycles. The van der Waals surface area contributed by atoms with Crippen molar-refractivity contribution in [1.29, 1.82) is 0 Å². The molecule has 0 saturated carbocycles. The largest absolute Gasteiger partial charge is 0.360 e.